The van der Waals surface area contributed by atoms with Crippen LogP contribution in [-0.4, -0.2) is 11.7 Å². The number of hydrogen-bond donors (Lipinski definition) is 1. The van der Waals surface area contributed by atoms with Crippen LogP contribution in [0.4, 0.5) is 13.2 Å². The molecule has 1 aliphatic carbocycles. The van der Waals surface area contributed by atoms with Crippen LogP contribution in [0.3, 0.4) is 0 Å². The van der Waals surface area contributed by atoms with E-state index in [1.165, 1.54) is 18.2 Å². The van der Waals surface area contributed by atoms with E-state index in [1.54, 1.807) is 30.3 Å². The van der Waals surface area contributed by atoms with E-state index in [0.29, 0.717) is 29.2 Å². The first-order valence-electron chi connectivity index (χ1n) is 11.8. The molecule has 0 aliphatic heterocycles. The molecule has 178 valence electrons. The molecule has 0 bridgehead atoms. The third kappa shape index (κ3) is 5.53. The predicted octanol–water partition coefficient (Wildman–Crippen LogP) is 8.00. The zero-order chi connectivity index (χ0) is 24.1. The predicted molar refractivity (Wildman–Crippen MR) is 129 cm³/mol. The Morgan fingerprint density at radius 1 is 0.912 bits per heavy atom. The van der Waals surface area contributed by atoms with Crippen LogP contribution in [0.5, 0.6) is 5.75 Å². The molecule has 0 atom stereocenters. The maximum absolute atomic E-state index is 14.9. The molecule has 1 saturated carbocycles. The Balaban J connectivity index is 1.38. The lowest BCUT2D eigenvalue weighted by atomic mass is 9.78. The monoisotopic (exact) mass is 466 g/mol. The van der Waals surface area contributed by atoms with E-state index in [4.69, 9.17) is 4.74 Å². The van der Waals surface area contributed by atoms with Gasteiger partial charge in [-0.25, -0.2) is 13.2 Å². The number of phenolic OH excluding ortho intramolecular Hbond substituents is 1. The van der Waals surface area contributed by atoms with Gasteiger partial charge in [0, 0.05) is 17.7 Å². The zero-order valence-electron chi connectivity index (χ0n) is 19.2. The van der Waals surface area contributed by atoms with Crippen molar-refractivity contribution in [3.05, 3.63) is 94.8 Å². The Morgan fingerprint density at radius 2 is 1.65 bits per heavy atom. The van der Waals surface area contributed by atoms with Crippen molar-refractivity contribution in [3.8, 4) is 16.9 Å². The Kier molecular flexibility index (Phi) is 7.73. The number of rotatable bonds is 7. The molecule has 1 fully saturated rings. The number of benzene rings is 3. The molecule has 4 rings (SSSR count). The van der Waals surface area contributed by atoms with Gasteiger partial charge >= 0.3 is 0 Å². The van der Waals surface area contributed by atoms with Crippen molar-refractivity contribution in [2.24, 2.45) is 5.92 Å². The van der Waals surface area contributed by atoms with Crippen LogP contribution in [0.15, 0.2) is 60.7 Å². The Morgan fingerprint density at radius 3 is 2.32 bits per heavy atom. The van der Waals surface area contributed by atoms with Crippen molar-refractivity contribution in [2.45, 2.75) is 45.1 Å². The van der Waals surface area contributed by atoms with Crippen molar-refractivity contribution in [1.29, 1.82) is 0 Å². The molecular weight excluding hydrogens is 437 g/mol. The summed E-state index contributed by atoms with van der Waals surface area (Å²) in [5.41, 5.74) is 2.49. The molecule has 0 spiro atoms. The van der Waals surface area contributed by atoms with Crippen LogP contribution in [0.2, 0.25) is 0 Å². The number of ether oxygens (including phenoxy) is 1. The molecule has 0 aromatic heterocycles. The molecule has 0 saturated heterocycles. The molecule has 2 nitrogen and oxygen atoms in total. The van der Waals surface area contributed by atoms with Crippen molar-refractivity contribution in [2.75, 3.05) is 6.61 Å². The third-order valence-corrected chi connectivity index (χ3v) is 6.60. The van der Waals surface area contributed by atoms with Gasteiger partial charge in [0.25, 0.3) is 0 Å². The highest BCUT2D eigenvalue weighted by molar-refractivity contribution is 5.65. The SMILES string of the molecule is CCOCc1ccc(/C=C/C2CCC(c3ccc(-c4ccc(O)cc4)c(F)c3F)CC2)cc1F. The number of allylic oxidation sites excluding steroid dienone is 1. The summed E-state index contributed by atoms with van der Waals surface area (Å²) in [6, 6.07) is 14.5. The molecule has 3 aromatic rings. The number of hydrogen-bond acceptors (Lipinski definition) is 2. The maximum Gasteiger partial charge on any atom is 0.166 e. The third-order valence-electron chi connectivity index (χ3n) is 6.60. The lowest BCUT2D eigenvalue weighted by Crippen LogP contribution is -2.13. The van der Waals surface area contributed by atoms with E-state index in [9.17, 15) is 18.3 Å². The summed E-state index contributed by atoms with van der Waals surface area (Å²) < 4.78 is 49.3. The van der Waals surface area contributed by atoms with Gasteiger partial charge < -0.3 is 9.84 Å². The van der Waals surface area contributed by atoms with Crippen LogP contribution < -0.4 is 0 Å². The summed E-state index contributed by atoms with van der Waals surface area (Å²) in [7, 11) is 0. The highest BCUT2D eigenvalue weighted by atomic mass is 19.2. The highest BCUT2D eigenvalue weighted by Gasteiger charge is 2.25. The largest absolute Gasteiger partial charge is 0.508 e. The summed E-state index contributed by atoms with van der Waals surface area (Å²) in [5, 5.41) is 9.42. The summed E-state index contributed by atoms with van der Waals surface area (Å²) >= 11 is 0. The van der Waals surface area contributed by atoms with Gasteiger partial charge in [-0.1, -0.05) is 48.6 Å². The van der Waals surface area contributed by atoms with Crippen LogP contribution in [0.25, 0.3) is 17.2 Å². The van der Waals surface area contributed by atoms with E-state index in [1.807, 2.05) is 19.1 Å². The second kappa shape index (κ2) is 10.9. The van der Waals surface area contributed by atoms with Gasteiger partial charge in [-0.2, -0.15) is 0 Å². The van der Waals surface area contributed by atoms with Gasteiger partial charge in [0.15, 0.2) is 11.6 Å². The standard InChI is InChI=1S/C29H29F3O2/c1-2-34-18-23-10-7-20(17-27(23)30)4-3-19-5-8-21(9-6-19)25-15-16-26(29(32)28(25)31)22-11-13-24(33)14-12-22/h3-4,7,10-17,19,21,33H,2,5-6,8-9,18H2,1H3/b4-3+. The topological polar surface area (TPSA) is 29.5 Å². The smallest absolute Gasteiger partial charge is 0.166 e. The molecule has 0 unspecified atom stereocenters. The Bertz CT molecular complexity index is 1150. The minimum absolute atomic E-state index is 0.0247. The normalized spacial score (nSPS) is 18.5. The van der Waals surface area contributed by atoms with Crippen LogP contribution in [-0.2, 0) is 11.3 Å². The molecule has 0 radical (unpaired) electrons. The van der Waals surface area contributed by atoms with Crippen LogP contribution in [0, 0.1) is 23.4 Å². The van der Waals surface area contributed by atoms with Crippen molar-refractivity contribution in [1.82, 2.24) is 0 Å². The quantitative estimate of drug-likeness (QED) is 0.382. The number of halogens is 3. The minimum Gasteiger partial charge on any atom is -0.508 e. The van der Waals surface area contributed by atoms with Gasteiger partial charge in [-0.15, -0.1) is 0 Å². The van der Waals surface area contributed by atoms with E-state index >= 15 is 0 Å². The molecule has 1 aliphatic rings. The molecule has 34 heavy (non-hydrogen) atoms. The first-order chi connectivity index (χ1) is 16.5. The van der Waals surface area contributed by atoms with Crippen LogP contribution >= 0.6 is 0 Å². The fraction of sp³-hybridized carbons (Fsp3) is 0.310. The van der Waals surface area contributed by atoms with Gasteiger partial charge in [0.05, 0.1) is 6.61 Å². The molecule has 5 heteroatoms. The second-order valence-electron chi connectivity index (χ2n) is 8.84. The molecule has 1 N–H and O–H groups in total. The summed E-state index contributed by atoms with van der Waals surface area (Å²) in [5.74, 6) is -1.52. The van der Waals surface area contributed by atoms with Gasteiger partial charge in [-0.05, 0) is 79.3 Å². The second-order valence-corrected chi connectivity index (χ2v) is 8.84. The Hall–Kier alpha value is -3.05. The van der Waals surface area contributed by atoms with Gasteiger partial charge in [-0.3, -0.25) is 0 Å². The van der Waals surface area contributed by atoms with E-state index < -0.39 is 11.6 Å². The fourth-order valence-corrected chi connectivity index (χ4v) is 4.61. The molecule has 0 amide bonds. The van der Waals surface area contributed by atoms with Crippen LogP contribution in [0.1, 0.15) is 55.2 Å². The van der Waals surface area contributed by atoms with Gasteiger partial charge in [0.1, 0.15) is 11.6 Å². The lowest BCUT2D eigenvalue weighted by molar-refractivity contribution is 0.131. The van der Waals surface area contributed by atoms with E-state index in [0.717, 1.165) is 31.2 Å². The van der Waals surface area contributed by atoms with E-state index in [2.05, 4.69) is 6.08 Å². The minimum atomic E-state index is -0.847. The first kappa shape index (κ1) is 24.1. The first-order valence-corrected chi connectivity index (χ1v) is 11.8. The number of phenols is 1. The molecule has 0 heterocycles. The average molecular weight is 467 g/mol. The summed E-state index contributed by atoms with van der Waals surface area (Å²) in [6.45, 7) is 2.69. The molecule has 3 aromatic carbocycles. The maximum atomic E-state index is 14.9. The average Bonchev–Trinajstić information content (AvgIpc) is 2.85. The van der Waals surface area contributed by atoms with Crippen molar-refractivity contribution < 1.29 is 23.0 Å². The molecular formula is C29H29F3O2. The Labute approximate surface area is 198 Å². The van der Waals surface area contributed by atoms with Crippen molar-refractivity contribution in [3.63, 3.8) is 0 Å². The fourth-order valence-electron chi connectivity index (χ4n) is 4.61. The van der Waals surface area contributed by atoms with E-state index in [-0.39, 0.29) is 29.7 Å². The summed E-state index contributed by atoms with van der Waals surface area (Å²) in [6.07, 6.45) is 7.31. The number of aromatic hydroxyl groups is 1. The van der Waals surface area contributed by atoms with Crippen molar-refractivity contribution >= 4 is 6.08 Å². The lowest BCUT2D eigenvalue weighted by Gasteiger charge is -2.27. The highest BCUT2D eigenvalue weighted by Crippen LogP contribution is 2.39. The van der Waals surface area contributed by atoms with Gasteiger partial charge in [0.2, 0.25) is 0 Å². The zero-order valence-corrected chi connectivity index (χ0v) is 19.2. The summed E-state index contributed by atoms with van der Waals surface area (Å²) in [4.78, 5) is 0.